The molecule has 1 amide bonds. The van der Waals surface area contributed by atoms with Gasteiger partial charge in [0.15, 0.2) is 11.5 Å². The van der Waals surface area contributed by atoms with Crippen LogP contribution in [0.5, 0.6) is 11.5 Å². The summed E-state index contributed by atoms with van der Waals surface area (Å²) in [5, 5.41) is 11.3. The molecule has 3 aliphatic heterocycles. The fourth-order valence-electron chi connectivity index (χ4n) is 5.06. The van der Waals surface area contributed by atoms with Crippen molar-refractivity contribution < 1.29 is 28.6 Å². The number of anilines is 2. The fourth-order valence-corrected chi connectivity index (χ4v) is 5.06. The van der Waals surface area contributed by atoms with Gasteiger partial charge < -0.3 is 19.5 Å². The predicted molar refractivity (Wildman–Crippen MR) is 132 cm³/mol. The number of halogens is 1. The molecule has 8 heteroatoms. The molecule has 6 rings (SSSR count). The number of ether oxygens (including phenoxy) is 2. The van der Waals surface area contributed by atoms with Crippen LogP contribution in [0.4, 0.5) is 15.8 Å². The molecule has 0 radical (unpaired) electrons. The van der Waals surface area contributed by atoms with E-state index in [1.165, 1.54) is 29.2 Å². The zero-order valence-electron chi connectivity index (χ0n) is 19.3. The zero-order chi connectivity index (χ0) is 24.8. The minimum Gasteiger partial charge on any atom is -0.507 e. The number of rotatable bonds is 4. The van der Waals surface area contributed by atoms with E-state index < -0.39 is 23.5 Å². The number of fused-ring (bicyclic) bond motifs is 1. The fraction of sp³-hybridized carbons (Fsp3) is 0.214. The average molecular weight is 486 g/mol. The quantitative estimate of drug-likeness (QED) is 0.325. The van der Waals surface area contributed by atoms with Crippen molar-refractivity contribution in [1.82, 2.24) is 0 Å². The summed E-state index contributed by atoms with van der Waals surface area (Å²) >= 11 is 0. The number of nitrogens with zero attached hydrogens (tertiary/aromatic N) is 2. The Morgan fingerprint density at radius 3 is 2.25 bits per heavy atom. The Morgan fingerprint density at radius 2 is 1.53 bits per heavy atom. The second-order valence-electron chi connectivity index (χ2n) is 9.00. The molecular formula is C28H23FN2O5. The Hall–Kier alpha value is -4.33. The topological polar surface area (TPSA) is 79.3 Å². The number of Topliss-reactive ketones (excluding diaryl/α,β-unsaturated/α-hetero) is 1. The number of aliphatic hydroxyl groups is 1. The molecule has 0 spiro atoms. The van der Waals surface area contributed by atoms with Crippen LogP contribution in [0.2, 0.25) is 0 Å². The van der Waals surface area contributed by atoms with Crippen molar-refractivity contribution >= 4 is 28.8 Å². The average Bonchev–Trinajstić information content (AvgIpc) is 3.65. The number of hydrogen-bond acceptors (Lipinski definition) is 6. The minimum atomic E-state index is -0.936. The second kappa shape index (κ2) is 8.71. The third-order valence-electron chi connectivity index (χ3n) is 6.88. The van der Waals surface area contributed by atoms with E-state index in [4.69, 9.17) is 9.47 Å². The standard InChI is InChI=1S/C28H23FN2O5/c29-19-6-3-17(4-7-19)25-24(26(32)18-5-12-22-23(15-18)36-16-35-22)27(33)28(34)31(25)21-10-8-20(9-11-21)30-13-1-2-14-30/h3-12,15,25,32H,1-2,13-14,16H2/b26-24-. The molecule has 0 bridgehead atoms. The number of ketones is 1. The molecule has 3 aliphatic rings. The van der Waals surface area contributed by atoms with Gasteiger partial charge in [0.1, 0.15) is 11.6 Å². The Labute approximate surface area is 207 Å². The lowest BCUT2D eigenvalue weighted by Gasteiger charge is -2.26. The smallest absolute Gasteiger partial charge is 0.300 e. The van der Waals surface area contributed by atoms with Crippen molar-refractivity contribution in [2.24, 2.45) is 0 Å². The second-order valence-corrected chi connectivity index (χ2v) is 9.00. The Bertz CT molecular complexity index is 1380. The first-order valence-corrected chi connectivity index (χ1v) is 11.8. The summed E-state index contributed by atoms with van der Waals surface area (Å²) in [6.45, 7) is 2.02. The molecule has 0 aliphatic carbocycles. The molecule has 36 heavy (non-hydrogen) atoms. The number of hydrogen-bond donors (Lipinski definition) is 1. The van der Waals surface area contributed by atoms with Crippen LogP contribution in [-0.2, 0) is 9.59 Å². The molecule has 0 aromatic heterocycles. The minimum absolute atomic E-state index is 0.0624. The van der Waals surface area contributed by atoms with Crippen molar-refractivity contribution in [2.75, 3.05) is 29.7 Å². The Balaban J connectivity index is 1.46. The van der Waals surface area contributed by atoms with E-state index in [0.29, 0.717) is 28.3 Å². The third kappa shape index (κ3) is 3.66. The van der Waals surface area contributed by atoms with E-state index in [2.05, 4.69) is 4.90 Å². The van der Waals surface area contributed by atoms with Gasteiger partial charge in [0, 0.05) is 30.0 Å². The van der Waals surface area contributed by atoms with Gasteiger partial charge in [-0.05, 0) is 73.0 Å². The van der Waals surface area contributed by atoms with Gasteiger partial charge in [0.05, 0.1) is 11.6 Å². The maximum atomic E-state index is 13.7. The van der Waals surface area contributed by atoms with Crippen LogP contribution in [-0.4, -0.2) is 36.7 Å². The molecule has 3 aromatic rings. The van der Waals surface area contributed by atoms with E-state index in [0.717, 1.165) is 31.6 Å². The van der Waals surface area contributed by atoms with Crippen molar-refractivity contribution in [1.29, 1.82) is 0 Å². The number of benzene rings is 3. The highest BCUT2D eigenvalue weighted by Crippen LogP contribution is 2.43. The lowest BCUT2D eigenvalue weighted by Crippen LogP contribution is -2.29. The largest absolute Gasteiger partial charge is 0.507 e. The van der Waals surface area contributed by atoms with Gasteiger partial charge in [-0.2, -0.15) is 0 Å². The van der Waals surface area contributed by atoms with Crippen molar-refractivity contribution in [3.05, 3.63) is 89.2 Å². The molecule has 3 heterocycles. The van der Waals surface area contributed by atoms with Gasteiger partial charge in [-0.3, -0.25) is 14.5 Å². The Kier molecular flexibility index (Phi) is 5.36. The molecule has 1 atom stereocenters. The van der Waals surface area contributed by atoms with E-state index in [9.17, 15) is 19.1 Å². The summed E-state index contributed by atoms with van der Waals surface area (Å²) in [7, 11) is 0. The molecule has 0 saturated carbocycles. The molecule has 3 aromatic carbocycles. The van der Waals surface area contributed by atoms with Crippen molar-refractivity contribution in [3.8, 4) is 11.5 Å². The van der Waals surface area contributed by atoms with Crippen molar-refractivity contribution in [3.63, 3.8) is 0 Å². The molecule has 2 fully saturated rings. The summed E-state index contributed by atoms with van der Waals surface area (Å²) in [5.74, 6) is -1.40. The van der Waals surface area contributed by atoms with E-state index in [-0.39, 0.29) is 18.1 Å². The van der Waals surface area contributed by atoms with Gasteiger partial charge in [0.2, 0.25) is 6.79 Å². The van der Waals surface area contributed by atoms with E-state index >= 15 is 0 Å². The summed E-state index contributed by atoms with van der Waals surface area (Å²) in [5.41, 5.74) is 2.30. The molecule has 7 nitrogen and oxygen atoms in total. The maximum absolute atomic E-state index is 13.7. The summed E-state index contributed by atoms with van der Waals surface area (Å²) in [4.78, 5) is 30.3. The first kappa shape index (κ1) is 22.2. The highest BCUT2D eigenvalue weighted by Gasteiger charge is 2.47. The van der Waals surface area contributed by atoms with Crippen LogP contribution in [0, 0.1) is 5.82 Å². The molecule has 182 valence electrons. The normalized spacial score (nSPS) is 20.4. The molecule has 1 unspecified atom stereocenters. The van der Waals surface area contributed by atoms with Crippen LogP contribution < -0.4 is 19.3 Å². The van der Waals surface area contributed by atoms with E-state index in [1.807, 2.05) is 12.1 Å². The number of carbonyl (C=O) groups excluding carboxylic acids is 2. The summed E-state index contributed by atoms with van der Waals surface area (Å²) in [6, 6.07) is 16.9. The zero-order valence-corrected chi connectivity index (χ0v) is 19.3. The highest BCUT2D eigenvalue weighted by atomic mass is 19.1. The molecule has 2 saturated heterocycles. The number of carbonyl (C=O) groups is 2. The summed E-state index contributed by atoms with van der Waals surface area (Å²) < 4.78 is 24.5. The first-order valence-electron chi connectivity index (χ1n) is 11.8. The van der Waals surface area contributed by atoms with Crippen LogP contribution in [0.1, 0.15) is 30.0 Å². The maximum Gasteiger partial charge on any atom is 0.300 e. The number of amides is 1. The van der Waals surface area contributed by atoms with Crippen molar-refractivity contribution in [2.45, 2.75) is 18.9 Å². The predicted octanol–water partition coefficient (Wildman–Crippen LogP) is 4.78. The molecular weight excluding hydrogens is 463 g/mol. The van der Waals surface area contributed by atoms with Crippen LogP contribution >= 0.6 is 0 Å². The monoisotopic (exact) mass is 486 g/mol. The van der Waals surface area contributed by atoms with Gasteiger partial charge in [0.25, 0.3) is 11.7 Å². The number of aliphatic hydroxyl groups excluding tert-OH is 1. The molecule has 1 N–H and O–H groups in total. The van der Waals surface area contributed by atoms with Crippen LogP contribution in [0.3, 0.4) is 0 Å². The summed E-state index contributed by atoms with van der Waals surface area (Å²) in [6.07, 6.45) is 2.28. The lowest BCUT2D eigenvalue weighted by atomic mass is 9.95. The first-order chi connectivity index (χ1) is 17.5. The van der Waals surface area contributed by atoms with Crippen LogP contribution in [0.15, 0.2) is 72.3 Å². The van der Waals surface area contributed by atoms with Gasteiger partial charge in [-0.1, -0.05) is 12.1 Å². The Morgan fingerprint density at radius 1 is 0.861 bits per heavy atom. The van der Waals surface area contributed by atoms with E-state index in [1.54, 1.807) is 30.3 Å². The third-order valence-corrected chi connectivity index (χ3v) is 6.88. The SMILES string of the molecule is O=C1C(=O)N(c2ccc(N3CCCC3)cc2)C(c2ccc(F)cc2)/C1=C(/O)c1ccc2c(c1)OCO2. The van der Waals surface area contributed by atoms with Gasteiger partial charge in [-0.25, -0.2) is 4.39 Å². The highest BCUT2D eigenvalue weighted by molar-refractivity contribution is 6.51. The lowest BCUT2D eigenvalue weighted by molar-refractivity contribution is -0.132. The van der Waals surface area contributed by atoms with Gasteiger partial charge >= 0.3 is 0 Å². The van der Waals surface area contributed by atoms with Gasteiger partial charge in [-0.15, -0.1) is 0 Å². The van der Waals surface area contributed by atoms with Crippen LogP contribution in [0.25, 0.3) is 5.76 Å².